The summed E-state index contributed by atoms with van der Waals surface area (Å²) in [6.07, 6.45) is 8.30. The molecule has 0 spiro atoms. The number of carbonyl (C=O) groups is 1. The van der Waals surface area contributed by atoms with Gasteiger partial charge in [-0.1, -0.05) is 60.7 Å². The molecule has 1 aromatic heterocycles. The van der Waals surface area contributed by atoms with Crippen LogP contribution in [0.3, 0.4) is 0 Å². The van der Waals surface area contributed by atoms with Gasteiger partial charge in [0.25, 0.3) is 0 Å². The topological polar surface area (TPSA) is 44.1 Å². The van der Waals surface area contributed by atoms with Crippen LogP contribution in [0, 0.1) is 0 Å². The number of benzene rings is 3. The number of nitrogens with zero attached hydrogens (tertiary/aromatic N) is 2. The van der Waals surface area contributed by atoms with E-state index in [-0.39, 0.29) is 5.97 Å². The average molecular weight is 392 g/mol. The molecule has 0 radical (unpaired) electrons. The van der Waals surface area contributed by atoms with E-state index in [1.807, 2.05) is 54.9 Å². The summed E-state index contributed by atoms with van der Waals surface area (Å²) in [5.74, 6) is -0.334. The highest BCUT2D eigenvalue weighted by atomic mass is 16.5. The number of esters is 1. The summed E-state index contributed by atoms with van der Waals surface area (Å²) in [5.41, 5.74) is 8.08. The maximum absolute atomic E-state index is 12.2. The fourth-order valence-electron chi connectivity index (χ4n) is 3.96. The van der Waals surface area contributed by atoms with Crippen molar-refractivity contribution >= 4 is 34.7 Å². The van der Waals surface area contributed by atoms with Crippen molar-refractivity contribution in [3.05, 3.63) is 107 Å². The number of para-hydroxylation sites is 2. The summed E-state index contributed by atoms with van der Waals surface area (Å²) in [7, 11) is 1.41. The van der Waals surface area contributed by atoms with E-state index in [9.17, 15) is 4.79 Å². The first-order valence-corrected chi connectivity index (χ1v) is 9.85. The Morgan fingerprint density at radius 3 is 2.60 bits per heavy atom. The number of rotatable bonds is 3. The molecular weight excluding hydrogens is 372 g/mol. The maximum atomic E-state index is 12.2. The number of aromatic nitrogens is 2. The number of carbonyl (C=O) groups excluding carboxylic acids is 1. The van der Waals surface area contributed by atoms with Crippen LogP contribution in [0.2, 0.25) is 0 Å². The number of methoxy groups -OCH3 is 1. The van der Waals surface area contributed by atoms with Gasteiger partial charge in [0.2, 0.25) is 0 Å². The minimum atomic E-state index is -0.334. The number of hydrogen-bond donors (Lipinski definition) is 0. The molecule has 0 atom stereocenters. The van der Waals surface area contributed by atoms with Crippen molar-refractivity contribution in [3.63, 3.8) is 0 Å². The van der Waals surface area contributed by atoms with E-state index in [1.54, 1.807) is 0 Å². The lowest BCUT2D eigenvalue weighted by Gasteiger charge is -2.14. The smallest absolute Gasteiger partial charge is 0.337 e. The molecule has 3 aromatic carbocycles. The van der Waals surface area contributed by atoms with E-state index in [0.29, 0.717) is 12.1 Å². The monoisotopic (exact) mass is 392 g/mol. The summed E-state index contributed by atoms with van der Waals surface area (Å²) in [5, 5.41) is 0. The highest BCUT2D eigenvalue weighted by molar-refractivity contribution is 5.97. The SMILES string of the molecule is COC(=O)c1ccc2c(c1)/C(=C/Cn1cnc3ccccc31)c1ccccc1C=C2. The van der Waals surface area contributed by atoms with Gasteiger partial charge in [-0.15, -0.1) is 0 Å². The number of hydrogen-bond acceptors (Lipinski definition) is 3. The lowest BCUT2D eigenvalue weighted by Crippen LogP contribution is -2.03. The number of ether oxygens (including phenoxy) is 1. The highest BCUT2D eigenvalue weighted by Crippen LogP contribution is 2.34. The van der Waals surface area contributed by atoms with Gasteiger partial charge in [-0.25, -0.2) is 9.78 Å². The summed E-state index contributed by atoms with van der Waals surface area (Å²) < 4.78 is 7.07. The first-order chi connectivity index (χ1) is 14.7. The van der Waals surface area contributed by atoms with Gasteiger partial charge in [0.1, 0.15) is 0 Å². The average Bonchev–Trinajstić information content (AvgIpc) is 3.14. The van der Waals surface area contributed by atoms with Gasteiger partial charge in [-0.3, -0.25) is 0 Å². The van der Waals surface area contributed by atoms with Gasteiger partial charge in [-0.05, 0) is 52.1 Å². The van der Waals surface area contributed by atoms with Gasteiger partial charge in [-0.2, -0.15) is 0 Å². The minimum absolute atomic E-state index is 0.334. The summed E-state index contributed by atoms with van der Waals surface area (Å²) in [6.45, 7) is 0.673. The van der Waals surface area contributed by atoms with Gasteiger partial charge in [0.15, 0.2) is 0 Å². The second kappa shape index (κ2) is 7.48. The van der Waals surface area contributed by atoms with Crippen molar-refractivity contribution in [1.82, 2.24) is 9.55 Å². The number of fused-ring (bicyclic) bond motifs is 3. The molecule has 1 heterocycles. The molecule has 4 heteroatoms. The Morgan fingerprint density at radius 1 is 0.967 bits per heavy atom. The molecule has 30 heavy (non-hydrogen) atoms. The normalized spacial score (nSPS) is 13.7. The molecule has 0 aliphatic heterocycles. The van der Waals surface area contributed by atoms with Crippen molar-refractivity contribution in [3.8, 4) is 0 Å². The largest absolute Gasteiger partial charge is 0.465 e. The highest BCUT2D eigenvalue weighted by Gasteiger charge is 2.17. The zero-order valence-corrected chi connectivity index (χ0v) is 16.6. The van der Waals surface area contributed by atoms with Crippen molar-refractivity contribution < 1.29 is 9.53 Å². The minimum Gasteiger partial charge on any atom is -0.465 e. The molecule has 0 saturated carbocycles. The number of allylic oxidation sites excluding steroid dienone is 1. The van der Waals surface area contributed by atoms with Crippen LogP contribution in [0.4, 0.5) is 0 Å². The second-order valence-electron chi connectivity index (χ2n) is 7.22. The second-order valence-corrected chi connectivity index (χ2v) is 7.22. The molecule has 0 N–H and O–H groups in total. The molecular formula is C26H20N2O2. The Hall–Kier alpha value is -3.92. The third kappa shape index (κ3) is 3.12. The Balaban J connectivity index is 1.66. The lowest BCUT2D eigenvalue weighted by molar-refractivity contribution is 0.0600. The third-order valence-electron chi connectivity index (χ3n) is 5.48. The zero-order valence-electron chi connectivity index (χ0n) is 16.6. The summed E-state index contributed by atoms with van der Waals surface area (Å²) >= 11 is 0. The van der Waals surface area contributed by atoms with Crippen LogP contribution in [0.1, 0.15) is 32.6 Å². The predicted molar refractivity (Wildman–Crippen MR) is 120 cm³/mol. The predicted octanol–water partition coefficient (Wildman–Crippen LogP) is 5.44. The first-order valence-electron chi connectivity index (χ1n) is 9.85. The van der Waals surface area contributed by atoms with Crippen LogP contribution in [0.5, 0.6) is 0 Å². The molecule has 146 valence electrons. The zero-order chi connectivity index (χ0) is 20.5. The molecule has 0 amide bonds. The van der Waals surface area contributed by atoms with Gasteiger partial charge >= 0.3 is 5.97 Å². The Kier molecular flexibility index (Phi) is 4.52. The van der Waals surface area contributed by atoms with Crippen LogP contribution in [-0.4, -0.2) is 22.6 Å². The quantitative estimate of drug-likeness (QED) is 0.384. The van der Waals surface area contributed by atoms with Crippen LogP contribution < -0.4 is 0 Å². The standard InChI is InChI=1S/C26H20N2O2/c1-30-26(29)20-13-12-19-11-10-18-6-2-3-7-21(18)22(23(19)16-20)14-15-28-17-27-24-8-4-5-9-25(24)28/h2-14,16-17H,15H2,1H3/b22-14+. The molecule has 4 aromatic rings. The molecule has 1 aliphatic rings. The molecule has 0 bridgehead atoms. The van der Waals surface area contributed by atoms with E-state index in [0.717, 1.165) is 38.9 Å². The molecule has 5 rings (SSSR count). The van der Waals surface area contributed by atoms with Gasteiger partial charge in [0, 0.05) is 6.54 Å². The van der Waals surface area contributed by atoms with E-state index in [2.05, 4.69) is 46.0 Å². The van der Waals surface area contributed by atoms with E-state index >= 15 is 0 Å². The fraction of sp³-hybridized carbons (Fsp3) is 0.0769. The summed E-state index contributed by atoms with van der Waals surface area (Å²) in [4.78, 5) is 16.7. The summed E-state index contributed by atoms with van der Waals surface area (Å²) in [6, 6.07) is 22.1. The van der Waals surface area contributed by atoms with Crippen molar-refractivity contribution in [2.24, 2.45) is 0 Å². The van der Waals surface area contributed by atoms with Crippen molar-refractivity contribution in [2.75, 3.05) is 7.11 Å². The first kappa shape index (κ1) is 18.1. The maximum Gasteiger partial charge on any atom is 0.337 e. The number of imidazole rings is 1. The van der Waals surface area contributed by atoms with E-state index in [4.69, 9.17) is 4.74 Å². The van der Waals surface area contributed by atoms with Gasteiger partial charge < -0.3 is 9.30 Å². The molecule has 0 saturated heterocycles. The van der Waals surface area contributed by atoms with Crippen LogP contribution in [-0.2, 0) is 11.3 Å². The Labute approximate surface area is 174 Å². The van der Waals surface area contributed by atoms with Gasteiger partial charge in [0.05, 0.1) is 30.0 Å². The third-order valence-corrected chi connectivity index (χ3v) is 5.48. The Morgan fingerprint density at radius 2 is 1.73 bits per heavy atom. The molecule has 1 aliphatic carbocycles. The molecule has 0 unspecified atom stereocenters. The molecule has 4 nitrogen and oxygen atoms in total. The van der Waals surface area contributed by atoms with Crippen molar-refractivity contribution in [1.29, 1.82) is 0 Å². The van der Waals surface area contributed by atoms with Crippen molar-refractivity contribution in [2.45, 2.75) is 6.54 Å². The van der Waals surface area contributed by atoms with E-state index < -0.39 is 0 Å². The van der Waals surface area contributed by atoms with Crippen LogP contribution >= 0.6 is 0 Å². The fourth-order valence-corrected chi connectivity index (χ4v) is 3.96. The van der Waals surface area contributed by atoms with Crippen LogP contribution in [0.15, 0.2) is 79.1 Å². The lowest BCUT2D eigenvalue weighted by atomic mass is 9.92. The Bertz CT molecular complexity index is 1330. The molecule has 0 fully saturated rings. The van der Waals surface area contributed by atoms with Crippen LogP contribution in [0.25, 0.3) is 28.8 Å². The van der Waals surface area contributed by atoms with E-state index in [1.165, 1.54) is 7.11 Å².